The van der Waals surface area contributed by atoms with Crippen LogP contribution in [0.15, 0.2) is 0 Å². The molecular formula is C20H29F7O5. The Labute approximate surface area is 181 Å². The van der Waals surface area contributed by atoms with E-state index in [1.165, 1.54) is 0 Å². The Balaban J connectivity index is 3.07. The molecule has 188 valence electrons. The summed E-state index contributed by atoms with van der Waals surface area (Å²) < 4.78 is 108. The van der Waals surface area contributed by atoms with Crippen LogP contribution in [0.3, 0.4) is 0 Å². The Kier molecular flexibility index (Phi) is 9.80. The average molecular weight is 482 g/mol. The van der Waals surface area contributed by atoms with Gasteiger partial charge < -0.3 is 14.2 Å². The summed E-state index contributed by atoms with van der Waals surface area (Å²) in [7, 11) is 0. The number of halogens is 7. The van der Waals surface area contributed by atoms with Crippen molar-refractivity contribution in [1.29, 1.82) is 0 Å². The molecule has 0 spiro atoms. The molecule has 0 bridgehead atoms. The van der Waals surface area contributed by atoms with Gasteiger partial charge in [-0.25, -0.2) is 13.6 Å². The summed E-state index contributed by atoms with van der Waals surface area (Å²) in [6.45, 7) is 1.40. The van der Waals surface area contributed by atoms with Crippen LogP contribution in [0.1, 0.15) is 65.7 Å². The molecule has 0 N–H and O–H groups in total. The first kappa shape index (κ1) is 28.4. The molecule has 0 saturated heterocycles. The second-order valence-electron chi connectivity index (χ2n) is 8.41. The lowest BCUT2D eigenvalue weighted by atomic mass is 9.89. The van der Waals surface area contributed by atoms with E-state index >= 15 is 0 Å². The Morgan fingerprint density at radius 1 is 0.969 bits per heavy atom. The molecule has 0 aromatic heterocycles. The maximum atomic E-state index is 14.0. The highest BCUT2D eigenvalue weighted by molar-refractivity contribution is 5.83. The third-order valence-electron chi connectivity index (χ3n) is 4.96. The molecule has 1 unspecified atom stereocenters. The van der Waals surface area contributed by atoms with E-state index < -0.39 is 67.7 Å². The van der Waals surface area contributed by atoms with Crippen molar-refractivity contribution < 1.29 is 54.5 Å². The number of rotatable bonds is 11. The van der Waals surface area contributed by atoms with Gasteiger partial charge >= 0.3 is 35.7 Å². The van der Waals surface area contributed by atoms with Gasteiger partial charge in [0.15, 0.2) is 0 Å². The molecule has 12 heteroatoms. The summed E-state index contributed by atoms with van der Waals surface area (Å²) >= 11 is 0. The van der Waals surface area contributed by atoms with Crippen molar-refractivity contribution in [3.8, 4) is 0 Å². The Morgan fingerprint density at radius 2 is 1.53 bits per heavy atom. The minimum absolute atomic E-state index is 0.0247. The fourth-order valence-electron chi connectivity index (χ4n) is 3.02. The van der Waals surface area contributed by atoms with E-state index in [0.717, 1.165) is 6.42 Å². The molecule has 5 nitrogen and oxygen atoms in total. The molecule has 1 saturated carbocycles. The van der Waals surface area contributed by atoms with Crippen LogP contribution in [0.5, 0.6) is 0 Å². The molecule has 1 fully saturated rings. The molecule has 1 rings (SSSR count). The lowest BCUT2D eigenvalue weighted by Crippen LogP contribution is -2.59. The van der Waals surface area contributed by atoms with E-state index in [9.17, 15) is 40.3 Å². The van der Waals surface area contributed by atoms with Gasteiger partial charge in [0.25, 0.3) is 0 Å². The summed E-state index contributed by atoms with van der Waals surface area (Å²) in [4.78, 5) is 24.8. The largest absolute Gasteiger partial charge is 0.468 e. The third-order valence-corrected chi connectivity index (χ3v) is 4.96. The van der Waals surface area contributed by atoms with Crippen LogP contribution < -0.4 is 0 Å². The number of esters is 2. The minimum Gasteiger partial charge on any atom is -0.460 e. The lowest BCUT2D eigenvalue weighted by molar-refractivity contribution is -0.357. The molecule has 32 heavy (non-hydrogen) atoms. The maximum absolute atomic E-state index is 14.0. The first-order valence-electron chi connectivity index (χ1n) is 10.4. The van der Waals surface area contributed by atoms with Crippen molar-refractivity contribution in [3.05, 3.63) is 0 Å². The summed E-state index contributed by atoms with van der Waals surface area (Å²) in [5.74, 6) is -17.7. The molecule has 0 heterocycles. The molecule has 1 atom stereocenters. The van der Waals surface area contributed by atoms with Gasteiger partial charge in [-0.1, -0.05) is 33.1 Å². The number of alkyl halides is 7. The van der Waals surface area contributed by atoms with Crippen LogP contribution in [0, 0.1) is 11.8 Å². The normalized spacial score (nSPS) is 18.3. The standard InChI is InChI=1S/C20H29F7O5/c1-13(2)12-30-16(29)19(20(25,26)27,32-15(28)14-8-5-4-6-9-14)31-11-7-10-18(23,24)17(3,21)22/h13-14H,4-12H2,1-3H3. The van der Waals surface area contributed by atoms with E-state index in [4.69, 9.17) is 0 Å². The predicted octanol–water partition coefficient (Wildman–Crippen LogP) is 5.66. The van der Waals surface area contributed by atoms with Crippen molar-refractivity contribution >= 4 is 11.9 Å². The molecular weight excluding hydrogens is 453 g/mol. The van der Waals surface area contributed by atoms with E-state index in [-0.39, 0.29) is 25.7 Å². The third kappa shape index (κ3) is 7.48. The molecule has 0 aliphatic heterocycles. The average Bonchev–Trinajstić information content (AvgIpc) is 2.67. The highest BCUT2D eigenvalue weighted by atomic mass is 19.4. The lowest BCUT2D eigenvalue weighted by Gasteiger charge is -2.34. The minimum atomic E-state index is -5.61. The van der Waals surface area contributed by atoms with Gasteiger partial charge in [0.2, 0.25) is 0 Å². The van der Waals surface area contributed by atoms with E-state index in [0.29, 0.717) is 12.8 Å². The van der Waals surface area contributed by atoms with Gasteiger partial charge in [0.1, 0.15) is 0 Å². The Hall–Kier alpha value is -1.59. The Morgan fingerprint density at radius 3 is 2.00 bits per heavy atom. The molecule has 0 amide bonds. The summed E-state index contributed by atoms with van der Waals surface area (Å²) in [5.41, 5.74) is 0. The molecule has 1 aliphatic rings. The van der Waals surface area contributed by atoms with Gasteiger partial charge in [-0.2, -0.15) is 22.0 Å². The topological polar surface area (TPSA) is 61.8 Å². The van der Waals surface area contributed by atoms with Crippen LogP contribution in [0.2, 0.25) is 0 Å². The molecule has 0 aromatic carbocycles. The zero-order valence-corrected chi connectivity index (χ0v) is 18.2. The maximum Gasteiger partial charge on any atom is 0.468 e. The zero-order chi connectivity index (χ0) is 24.8. The van der Waals surface area contributed by atoms with E-state index in [1.807, 2.05) is 0 Å². The van der Waals surface area contributed by atoms with Gasteiger partial charge in [-0.15, -0.1) is 0 Å². The number of hydrogen-bond donors (Lipinski definition) is 0. The number of ether oxygens (including phenoxy) is 3. The Bertz CT molecular complexity index is 625. The van der Waals surface area contributed by atoms with Gasteiger partial charge in [0.05, 0.1) is 19.1 Å². The van der Waals surface area contributed by atoms with Crippen LogP contribution in [0.25, 0.3) is 0 Å². The number of carbonyl (C=O) groups is 2. The van der Waals surface area contributed by atoms with Gasteiger partial charge in [-0.05, 0) is 25.2 Å². The van der Waals surface area contributed by atoms with Crippen molar-refractivity contribution in [2.45, 2.75) is 89.5 Å². The van der Waals surface area contributed by atoms with E-state index in [1.54, 1.807) is 13.8 Å². The van der Waals surface area contributed by atoms with Gasteiger partial charge in [-0.3, -0.25) is 4.79 Å². The molecule has 1 aliphatic carbocycles. The van der Waals surface area contributed by atoms with Crippen LogP contribution in [-0.2, 0) is 23.8 Å². The van der Waals surface area contributed by atoms with Crippen molar-refractivity contribution in [3.63, 3.8) is 0 Å². The second-order valence-corrected chi connectivity index (χ2v) is 8.41. The number of carbonyl (C=O) groups excluding carboxylic acids is 2. The van der Waals surface area contributed by atoms with Crippen molar-refractivity contribution in [1.82, 2.24) is 0 Å². The van der Waals surface area contributed by atoms with Crippen molar-refractivity contribution in [2.75, 3.05) is 13.2 Å². The smallest absolute Gasteiger partial charge is 0.460 e. The highest BCUT2D eigenvalue weighted by Gasteiger charge is 2.68. The quantitative estimate of drug-likeness (QED) is 0.165. The first-order valence-corrected chi connectivity index (χ1v) is 10.4. The second kappa shape index (κ2) is 11.0. The first-order chi connectivity index (χ1) is 14.5. The van der Waals surface area contributed by atoms with Gasteiger partial charge in [0, 0.05) is 13.3 Å². The van der Waals surface area contributed by atoms with E-state index in [2.05, 4.69) is 14.2 Å². The van der Waals surface area contributed by atoms with Crippen LogP contribution in [-0.4, -0.2) is 49.0 Å². The van der Waals surface area contributed by atoms with Crippen molar-refractivity contribution in [2.24, 2.45) is 11.8 Å². The SMILES string of the molecule is CC(C)COC(=O)C(OCCCC(F)(F)C(C)(F)F)(OC(=O)C1CCCCC1)C(F)(F)F. The fraction of sp³-hybridized carbons (Fsp3) is 0.900. The van der Waals surface area contributed by atoms with Crippen LogP contribution in [0.4, 0.5) is 30.7 Å². The summed E-state index contributed by atoms with van der Waals surface area (Å²) in [5, 5.41) is 0. The summed E-state index contributed by atoms with van der Waals surface area (Å²) in [6, 6.07) is 0. The highest BCUT2D eigenvalue weighted by Crippen LogP contribution is 2.40. The van der Waals surface area contributed by atoms with Crippen LogP contribution >= 0.6 is 0 Å². The summed E-state index contributed by atoms with van der Waals surface area (Å²) in [6.07, 6.45) is -5.62. The predicted molar refractivity (Wildman–Crippen MR) is 98.0 cm³/mol. The molecule has 0 radical (unpaired) electrons. The fourth-order valence-corrected chi connectivity index (χ4v) is 3.02. The number of hydrogen-bond acceptors (Lipinski definition) is 5. The zero-order valence-electron chi connectivity index (χ0n) is 18.2. The monoisotopic (exact) mass is 482 g/mol. The molecule has 0 aromatic rings.